The van der Waals surface area contributed by atoms with Crippen LogP contribution in [-0.4, -0.2) is 68.3 Å². The lowest BCUT2D eigenvalue weighted by Crippen LogP contribution is -2.47. The minimum absolute atomic E-state index is 0.0557. The van der Waals surface area contributed by atoms with Gasteiger partial charge in [-0.15, -0.1) is 0 Å². The van der Waals surface area contributed by atoms with Gasteiger partial charge >= 0.3 is 0 Å². The van der Waals surface area contributed by atoms with E-state index in [1.807, 2.05) is 7.05 Å². The van der Waals surface area contributed by atoms with Crippen molar-refractivity contribution in [3.63, 3.8) is 0 Å². The number of anilines is 2. The van der Waals surface area contributed by atoms with Crippen LogP contribution in [0.2, 0.25) is 5.02 Å². The van der Waals surface area contributed by atoms with Crippen LogP contribution in [-0.2, 0) is 14.8 Å². The molecule has 0 aromatic heterocycles. The number of hydrogen-bond acceptors (Lipinski definition) is 6. The van der Waals surface area contributed by atoms with E-state index in [4.69, 9.17) is 16.3 Å². The maximum Gasteiger partial charge on any atom is 0.268 e. The first-order valence-electron chi connectivity index (χ1n) is 10.4. The number of ether oxygens (including phenoxy) is 1. The highest BCUT2D eigenvalue weighted by Crippen LogP contribution is 2.34. The predicted molar refractivity (Wildman–Crippen MR) is 125 cm³/mol. The highest BCUT2D eigenvalue weighted by molar-refractivity contribution is 7.89. The summed E-state index contributed by atoms with van der Waals surface area (Å²) in [7, 11) is -1.87. The SMILES string of the molecule is CN1CCN(S(=O)(=O)c2cc(NC(=O)c3ccc4c(c3)NC(=O)C(C)(C)O4)ccc2Cl)CC1. The fourth-order valence-electron chi connectivity index (χ4n) is 3.60. The summed E-state index contributed by atoms with van der Waals surface area (Å²) < 4.78 is 33.3. The van der Waals surface area contributed by atoms with Gasteiger partial charge in [-0.05, 0) is 57.3 Å². The molecule has 4 rings (SSSR count). The Morgan fingerprint density at radius 2 is 1.82 bits per heavy atom. The van der Waals surface area contributed by atoms with Gasteiger partial charge in [-0.1, -0.05) is 11.6 Å². The summed E-state index contributed by atoms with van der Waals surface area (Å²) in [5.41, 5.74) is -0.0559. The fourth-order valence-corrected chi connectivity index (χ4v) is 5.52. The molecule has 11 heteroatoms. The van der Waals surface area contributed by atoms with Gasteiger partial charge in [-0.3, -0.25) is 9.59 Å². The fraction of sp³-hybridized carbons (Fsp3) is 0.364. The first-order valence-corrected chi connectivity index (χ1v) is 12.2. The monoisotopic (exact) mass is 492 g/mol. The van der Waals surface area contributed by atoms with Crippen LogP contribution >= 0.6 is 11.6 Å². The Bertz CT molecular complexity index is 1220. The van der Waals surface area contributed by atoms with Crippen LogP contribution in [0.5, 0.6) is 5.75 Å². The molecule has 0 atom stereocenters. The molecule has 1 saturated heterocycles. The number of rotatable bonds is 4. The quantitative estimate of drug-likeness (QED) is 0.679. The third-order valence-electron chi connectivity index (χ3n) is 5.67. The van der Waals surface area contributed by atoms with Crippen molar-refractivity contribution in [2.24, 2.45) is 0 Å². The summed E-state index contributed by atoms with van der Waals surface area (Å²) in [6.07, 6.45) is 0. The Labute approximate surface area is 197 Å². The van der Waals surface area contributed by atoms with Crippen molar-refractivity contribution in [1.82, 2.24) is 9.21 Å². The van der Waals surface area contributed by atoms with E-state index in [0.29, 0.717) is 37.6 Å². The number of nitrogens with one attached hydrogen (secondary N) is 2. The molecule has 0 radical (unpaired) electrons. The summed E-state index contributed by atoms with van der Waals surface area (Å²) in [4.78, 5) is 27.0. The molecule has 0 spiro atoms. The van der Waals surface area contributed by atoms with Gasteiger partial charge in [0.05, 0.1) is 10.7 Å². The molecule has 2 aromatic rings. The molecule has 176 valence electrons. The Morgan fingerprint density at radius 1 is 1.12 bits per heavy atom. The minimum Gasteiger partial charge on any atom is -0.476 e. The van der Waals surface area contributed by atoms with Crippen molar-refractivity contribution < 1.29 is 22.7 Å². The summed E-state index contributed by atoms with van der Waals surface area (Å²) in [6, 6.07) is 9.03. The number of sulfonamides is 1. The van der Waals surface area contributed by atoms with Crippen molar-refractivity contribution in [2.45, 2.75) is 24.3 Å². The number of amides is 2. The Hall–Kier alpha value is -2.66. The van der Waals surface area contributed by atoms with Crippen molar-refractivity contribution >= 4 is 44.8 Å². The van der Waals surface area contributed by atoms with Crippen molar-refractivity contribution in [3.8, 4) is 5.75 Å². The van der Waals surface area contributed by atoms with Gasteiger partial charge < -0.3 is 20.3 Å². The lowest BCUT2D eigenvalue weighted by molar-refractivity contribution is -0.129. The zero-order valence-corrected chi connectivity index (χ0v) is 20.1. The van der Waals surface area contributed by atoms with Crippen molar-refractivity contribution in [1.29, 1.82) is 0 Å². The average Bonchev–Trinajstić information content (AvgIpc) is 2.75. The molecule has 2 aromatic carbocycles. The Kier molecular flexibility index (Phi) is 6.12. The van der Waals surface area contributed by atoms with Crippen molar-refractivity contribution in [3.05, 3.63) is 47.0 Å². The topological polar surface area (TPSA) is 108 Å². The lowest BCUT2D eigenvalue weighted by atomic mass is 10.0. The second-order valence-electron chi connectivity index (χ2n) is 8.58. The number of benzene rings is 2. The summed E-state index contributed by atoms with van der Waals surface area (Å²) >= 11 is 6.22. The number of piperazine rings is 1. The third kappa shape index (κ3) is 4.70. The third-order valence-corrected chi connectivity index (χ3v) is 8.05. The van der Waals surface area contributed by atoms with Gasteiger partial charge in [0, 0.05) is 37.4 Å². The number of nitrogens with zero attached hydrogens (tertiary/aromatic N) is 2. The number of fused-ring (bicyclic) bond motifs is 1. The highest BCUT2D eigenvalue weighted by atomic mass is 35.5. The van der Waals surface area contributed by atoms with Crippen LogP contribution < -0.4 is 15.4 Å². The second-order valence-corrected chi connectivity index (χ2v) is 10.9. The first kappa shape index (κ1) is 23.5. The number of carbonyl (C=O) groups is 2. The van der Waals surface area contributed by atoms with E-state index in [1.54, 1.807) is 26.0 Å². The molecular formula is C22H25ClN4O5S. The molecule has 2 amide bonds. The maximum atomic E-state index is 13.1. The minimum atomic E-state index is -3.81. The van der Waals surface area contributed by atoms with Crippen LogP contribution in [0.4, 0.5) is 11.4 Å². The molecule has 2 N–H and O–H groups in total. The lowest BCUT2D eigenvalue weighted by Gasteiger charge is -2.31. The molecule has 2 aliphatic rings. The van der Waals surface area contributed by atoms with Gasteiger partial charge in [0.25, 0.3) is 11.8 Å². The first-order chi connectivity index (χ1) is 15.5. The largest absolute Gasteiger partial charge is 0.476 e. The number of likely N-dealkylation sites (N-methyl/N-ethyl adjacent to an activating group) is 1. The maximum absolute atomic E-state index is 13.1. The summed E-state index contributed by atoms with van der Waals surface area (Å²) in [5, 5.41) is 5.52. The van der Waals surface area contributed by atoms with E-state index >= 15 is 0 Å². The molecule has 0 saturated carbocycles. The van der Waals surface area contributed by atoms with E-state index < -0.39 is 21.5 Å². The normalized spacial score (nSPS) is 18.7. The van der Waals surface area contributed by atoms with Crippen LogP contribution in [0.15, 0.2) is 41.3 Å². The van der Waals surface area contributed by atoms with Crippen LogP contribution in [0.1, 0.15) is 24.2 Å². The molecule has 0 aliphatic carbocycles. The number of carbonyl (C=O) groups excluding carboxylic acids is 2. The molecule has 2 aliphatic heterocycles. The van der Waals surface area contributed by atoms with Crippen LogP contribution in [0.3, 0.4) is 0 Å². The average molecular weight is 493 g/mol. The molecule has 1 fully saturated rings. The zero-order valence-electron chi connectivity index (χ0n) is 18.5. The summed E-state index contributed by atoms with van der Waals surface area (Å²) in [6.45, 7) is 5.30. The van der Waals surface area contributed by atoms with Gasteiger partial charge in [0.15, 0.2) is 5.60 Å². The van der Waals surface area contributed by atoms with Gasteiger partial charge in [0.1, 0.15) is 10.6 Å². The molecule has 0 bridgehead atoms. The standard InChI is InChI=1S/C22H25ClN4O5S/c1-22(2)21(29)25-17-12-14(4-7-18(17)32-22)20(28)24-15-5-6-16(23)19(13-15)33(30,31)27-10-8-26(3)9-11-27/h4-7,12-13H,8-11H2,1-3H3,(H,24,28)(H,25,29). The Balaban J connectivity index is 1.55. The molecule has 0 unspecified atom stereocenters. The second kappa shape index (κ2) is 8.60. The Morgan fingerprint density at radius 3 is 2.52 bits per heavy atom. The van der Waals surface area contributed by atoms with E-state index in [0.717, 1.165) is 0 Å². The van der Waals surface area contributed by atoms with E-state index in [-0.39, 0.29) is 27.1 Å². The van der Waals surface area contributed by atoms with Gasteiger partial charge in [0.2, 0.25) is 10.0 Å². The van der Waals surface area contributed by atoms with E-state index in [9.17, 15) is 18.0 Å². The molecule has 2 heterocycles. The number of halogens is 1. The van der Waals surface area contributed by atoms with Crippen molar-refractivity contribution in [2.75, 3.05) is 43.9 Å². The van der Waals surface area contributed by atoms with Crippen LogP contribution in [0.25, 0.3) is 0 Å². The van der Waals surface area contributed by atoms with Gasteiger partial charge in [-0.25, -0.2) is 8.42 Å². The van der Waals surface area contributed by atoms with E-state index in [2.05, 4.69) is 15.5 Å². The number of hydrogen-bond donors (Lipinski definition) is 2. The zero-order chi connectivity index (χ0) is 24.0. The molecule has 33 heavy (non-hydrogen) atoms. The van der Waals surface area contributed by atoms with Crippen LogP contribution in [0, 0.1) is 0 Å². The smallest absolute Gasteiger partial charge is 0.268 e. The predicted octanol–water partition coefficient (Wildman–Crippen LogP) is 2.64. The molecule has 9 nitrogen and oxygen atoms in total. The highest BCUT2D eigenvalue weighted by Gasteiger charge is 2.35. The molecular weight excluding hydrogens is 468 g/mol. The van der Waals surface area contributed by atoms with E-state index in [1.165, 1.54) is 28.6 Å². The van der Waals surface area contributed by atoms with Gasteiger partial charge in [-0.2, -0.15) is 4.31 Å². The summed E-state index contributed by atoms with van der Waals surface area (Å²) in [5.74, 6) is -0.325.